The summed E-state index contributed by atoms with van der Waals surface area (Å²) < 4.78 is 29.7. The molecule has 19 nitrogen and oxygen atoms in total. The maximum Gasteiger partial charge on any atom is 0.343 e. The van der Waals surface area contributed by atoms with E-state index in [-0.39, 0.29) is 73.9 Å². The molecule has 1 unspecified atom stereocenters. The molecule has 0 aromatic carbocycles. The van der Waals surface area contributed by atoms with Crippen molar-refractivity contribution in [2.45, 2.75) is 94.1 Å². The van der Waals surface area contributed by atoms with Gasteiger partial charge in [-0.15, -0.1) is 6.58 Å². The topological polar surface area (TPSA) is 289 Å². The summed E-state index contributed by atoms with van der Waals surface area (Å²) in [6.45, 7) is 3.19. The van der Waals surface area contributed by atoms with E-state index in [1.165, 1.54) is 18.5 Å². The Morgan fingerprint density at radius 2 is 1.91 bits per heavy atom. The van der Waals surface area contributed by atoms with E-state index in [0.717, 1.165) is 44.9 Å². The first kappa shape index (κ1) is 45.4. The van der Waals surface area contributed by atoms with Crippen molar-refractivity contribution in [1.82, 2.24) is 10.6 Å². The second-order valence-corrected chi connectivity index (χ2v) is 15.5. The molecule has 324 valence electrons. The van der Waals surface area contributed by atoms with E-state index in [2.05, 4.69) is 22.2 Å². The third-order valence-corrected chi connectivity index (χ3v) is 11.5. The summed E-state index contributed by atoms with van der Waals surface area (Å²) in [7, 11) is 1.54. The lowest BCUT2D eigenvalue weighted by Gasteiger charge is -2.47. The molecule has 19 heteroatoms. The van der Waals surface area contributed by atoms with E-state index in [1.807, 2.05) is 0 Å². The Bertz CT molecular complexity index is 1610. The maximum absolute atomic E-state index is 14.1. The van der Waals surface area contributed by atoms with Crippen molar-refractivity contribution < 1.29 is 73.9 Å². The summed E-state index contributed by atoms with van der Waals surface area (Å²) in [5, 5.41) is 77.2. The molecule has 5 rings (SSSR count). The molecule has 3 heterocycles. The number of hydrogen-bond donors (Lipinski definition) is 11. The number of nitrogens with one attached hydrogen (secondary N) is 3. The number of hydrogen-bond acceptors (Lipinski definition) is 15. The van der Waals surface area contributed by atoms with Gasteiger partial charge in [-0.05, 0) is 51.0 Å². The predicted octanol–water partition coefficient (Wildman–Crippen LogP) is -2.40. The van der Waals surface area contributed by atoms with Gasteiger partial charge in [0.05, 0.1) is 43.4 Å². The van der Waals surface area contributed by atoms with Crippen LogP contribution < -0.4 is 21.3 Å². The number of aliphatic hydroxyl groups excluding tert-OH is 4. The van der Waals surface area contributed by atoms with Crippen molar-refractivity contribution in [3.63, 3.8) is 0 Å². The van der Waals surface area contributed by atoms with Crippen LogP contribution >= 0.6 is 0 Å². The summed E-state index contributed by atoms with van der Waals surface area (Å²) in [4.78, 5) is 31.5. The fourth-order valence-electron chi connectivity index (χ4n) is 8.50. The summed E-state index contributed by atoms with van der Waals surface area (Å²) in [5.74, 6) is -6.74. The second-order valence-electron chi connectivity index (χ2n) is 15.5. The number of allylic oxidation sites excluding steroid dienone is 1. The van der Waals surface area contributed by atoms with Crippen molar-refractivity contribution in [2.75, 3.05) is 53.2 Å². The molecule has 2 saturated carbocycles. The van der Waals surface area contributed by atoms with Crippen molar-refractivity contribution in [2.24, 2.45) is 28.0 Å². The lowest BCUT2D eigenvalue weighted by Crippen LogP contribution is -3.09. The quantitative estimate of drug-likeness (QED) is 0.0172. The highest BCUT2D eigenvalue weighted by atomic mass is 16.8. The Morgan fingerprint density at radius 3 is 2.57 bits per heavy atom. The van der Waals surface area contributed by atoms with Gasteiger partial charge in [0.2, 0.25) is 12.1 Å². The summed E-state index contributed by atoms with van der Waals surface area (Å²) >= 11 is 0. The first-order valence-electron chi connectivity index (χ1n) is 19.8. The van der Waals surface area contributed by atoms with Gasteiger partial charge >= 0.3 is 11.9 Å². The number of carbonyl (C=O) groups excluding carboxylic acids is 1. The van der Waals surface area contributed by atoms with Gasteiger partial charge in [0.1, 0.15) is 43.2 Å². The molecule has 2 aliphatic carbocycles. The minimum Gasteiger partial charge on any atom is -0.477 e. The van der Waals surface area contributed by atoms with Gasteiger partial charge in [-0.25, -0.2) is 9.59 Å². The first-order valence-corrected chi connectivity index (χ1v) is 19.8. The predicted molar refractivity (Wildman–Crippen MR) is 205 cm³/mol. The van der Waals surface area contributed by atoms with Gasteiger partial charge in [0, 0.05) is 24.6 Å². The summed E-state index contributed by atoms with van der Waals surface area (Å²) in [6.07, 6.45) is 6.25. The van der Waals surface area contributed by atoms with Crippen LogP contribution in [0, 0.1) is 17.3 Å². The molecule has 0 aromatic rings. The molecule has 5 aliphatic rings. The molecule has 1 saturated heterocycles. The Labute approximate surface area is 337 Å². The Morgan fingerprint density at radius 1 is 1.16 bits per heavy atom. The molecular weight excluding hydrogens is 762 g/mol. The van der Waals surface area contributed by atoms with Crippen molar-refractivity contribution >= 4 is 17.9 Å². The van der Waals surface area contributed by atoms with Crippen LogP contribution in [0.2, 0.25) is 0 Å². The number of carbonyl (C=O) groups is 2. The molecular formula is C39H60N5O14+. The van der Waals surface area contributed by atoms with Gasteiger partial charge < -0.3 is 75.4 Å². The number of rotatable bonds is 18. The molecule has 1 spiro atoms. The van der Waals surface area contributed by atoms with Crippen LogP contribution in [0.1, 0.15) is 51.4 Å². The van der Waals surface area contributed by atoms with Gasteiger partial charge in [-0.2, -0.15) is 0 Å². The zero-order chi connectivity index (χ0) is 42.0. The van der Waals surface area contributed by atoms with Crippen LogP contribution in [0.15, 0.2) is 64.7 Å². The smallest absolute Gasteiger partial charge is 0.343 e. The molecule has 0 bridgehead atoms. The third kappa shape index (κ3) is 10.5. The number of nitrogens with two attached hydrogens (primary N) is 1. The van der Waals surface area contributed by atoms with Gasteiger partial charge in [-0.1, -0.05) is 31.1 Å². The average molecular weight is 823 g/mol. The highest BCUT2D eigenvalue weighted by molar-refractivity contribution is 5.94. The van der Waals surface area contributed by atoms with E-state index in [0.29, 0.717) is 16.9 Å². The van der Waals surface area contributed by atoms with Crippen molar-refractivity contribution in [1.29, 1.82) is 0 Å². The van der Waals surface area contributed by atoms with Crippen LogP contribution in [0.4, 0.5) is 0 Å². The monoisotopic (exact) mass is 822 g/mol. The van der Waals surface area contributed by atoms with E-state index in [9.17, 15) is 45.3 Å². The molecule has 3 aliphatic heterocycles. The Hall–Kier alpha value is -3.73. The van der Waals surface area contributed by atoms with Crippen LogP contribution in [0.25, 0.3) is 0 Å². The summed E-state index contributed by atoms with van der Waals surface area (Å²) in [5.41, 5.74) is 6.84. The van der Waals surface area contributed by atoms with Crippen LogP contribution in [-0.4, -0.2) is 150 Å². The van der Waals surface area contributed by atoms with Crippen LogP contribution in [0.3, 0.4) is 0 Å². The SMILES string of the molecule is C=C[C@H]1[C@H](O[C@@H]2O[C@H](CO)[C@@H](O)C(O)(O)[C@H]2OCNC)OC=C(C(=O)O[C@@H]2CCC3(CCCC3)C2)[C@H]1/C=C/C1=C(NC(N)=NCCCO)C(C(=O)O)=C[NH+](CCO)C1. The third-order valence-electron chi connectivity index (χ3n) is 11.5. The fraction of sp³-hybridized carbons (Fsp3) is 0.667. The number of esters is 1. The molecule has 12 N–H and O–H groups in total. The van der Waals surface area contributed by atoms with Crippen molar-refractivity contribution in [3.05, 3.63) is 59.7 Å². The van der Waals surface area contributed by atoms with Crippen LogP contribution in [-0.2, 0) is 33.3 Å². The zero-order valence-corrected chi connectivity index (χ0v) is 32.8. The standard InChI is InChI=1S/C39H59N5O14/c1-3-25-26(8-7-23-18-44(14-16-46)19-27(33(49)50)30(23)43-37(40)42-13-6-15-45)28(34(51)56-24-9-12-38(17-24)10-4-5-11-38)21-54-35(25)58-36-32(55-22-41-2)39(52,53)31(48)29(20-47)57-36/h3,7-8,19,21,24-26,29,31-32,35-36,41,45-48,52-53H,1,4-6,9-18,20,22H2,2H3,(H,49,50)(H3,40,42,43)/p+1/b8-7+/t24-,25-,26+,29-,31-,32+,35+,36+/m1/s1. The van der Waals surface area contributed by atoms with Crippen molar-refractivity contribution in [3.8, 4) is 0 Å². The molecule has 3 fully saturated rings. The van der Waals surface area contributed by atoms with E-state index < -0.39 is 67.1 Å². The fourth-order valence-corrected chi connectivity index (χ4v) is 8.50. The van der Waals surface area contributed by atoms with Gasteiger partial charge in [0.15, 0.2) is 18.4 Å². The van der Waals surface area contributed by atoms with E-state index >= 15 is 0 Å². The zero-order valence-electron chi connectivity index (χ0n) is 32.8. The number of aliphatic hydroxyl groups is 6. The molecule has 0 aromatic heterocycles. The van der Waals surface area contributed by atoms with Gasteiger partial charge in [0.25, 0.3) is 0 Å². The lowest BCUT2D eigenvalue weighted by molar-refractivity contribution is -0.843. The number of nitrogens with zero attached hydrogens (tertiary/aromatic N) is 1. The van der Waals surface area contributed by atoms with Crippen LogP contribution in [0.5, 0.6) is 0 Å². The molecule has 9 atom stereocenters. The number of carboxylic acid groups (broad SMARTS) is 1. The largest absolute Gasteiger partial charge is 0.477 e. The molecule has 58 heavy (non-hydrogen) atoms. The first-order chi connectivity index (χ1) is 27.8. The molecule has 0 radical (unpaired) electrons. The minimum absolute atomic E-state index is 0.0889. The van der Waals surface area contributed by atoms with E-state index in [1.54, 1.807) is 19.2 Å². The average Bonchev–Trinajstić information content (AvgIpc) is 3.83. The number of ether oxygens (including phenoxy) is 5. The summed E-state index contributed by atoms with van der Waals surface area (Å²) in [6, 6.07) is 0. The number of aliphatic carboxylic acids is 1. The number of aliphatic imine (C=N–C) groups is 1. The lowest BCUT2D eigenvalue weighted by atomic mass is 9.83. The highest BCUT2D eigenvalue weighted by Gasteiger charge is 2.57. The Balaban J connectivity index is 1.52. The Kier molecular flexibility index (Phi) is 16.0. The normalized spacial score (nSPS) is 32.2. The minimum atomic E-state index is -2.94. The number of quaternary nitrogens is 1. The number of carboxylic acids is 1. The molecule has 0 amide bonds. The van der Waals surface area contributed by atoms with E-state index in [4.69, 9.17) is 29.4 Å². The maximum atomic E-state index is 14.1. The highest BCUT2D eigenvalue weighted by Crippen LogP contribution is 2.51. The van der Waals surface area contributed by atoms with Gasteiger partial charge in [-0.3, -0.25) is 10.3 Å². The number of guanidine groups is 1. The second kappa shape index (κ2) is 20.5.